The number of carbonyl (C=O) groups is 1. The van der Waals surface area contributed by atoms with Gasteiger partial charge in [-0.25, -0.2) is 4.79 Å². The van der Waals surface area contributed by atoms with Gasteiger partial charge in [-0.15, -0.1) is 0 Å². The topological polar surface area (TPSA) is 67.8 Å². The fraction of sp³-hybridized carbons (Fsp3) is 0.562. The lowest BCUT2D eigenvalue weighted by atomic mass is 10.1. The molecule has 0 aromatic heterocycles. The zero-order valence-corrected chi connectivity index (χ0v) is 13.0. The molecule has 0 amide bonds. The van der Waals surface area contributed by atoms with E-state index in [0.29, 0.717) is 31.1 Å². The van der Waals surface area contributed by atoms with Crippen molar-refractivity contribution in [3.05, 3.63) is 23.8 Å². The number of benzene rings is 1. The van der Waals surface area contributed by atoms with E-state index in [4.69, 9.17) is 14.6 Å². The van der Waals surface area contributed by atoms with Gasteiger partial charge in [0, 0.05) is 18.2 Å². The minimum absolute atomic E-state index is 0.413. The van der Waals surface area contributed by atoms with Crippen LogP contribution in [0.3, 0.4) is 0 Å². The highest BCUT2D eigenvalue weighted by molar-refractivity contribution is 5.72. The molecule has 1 unspecified atom stereocenters. The van der Waals surface area contributed by atoms with Gasteiger partial charge >= 0.3 is 5.97 Å². The first-order valence-electron chi connectivity index (χ1n) is 7.48. The molecule has 5 heteroatoms. The van der Waals surface area contributed by atoms with Gasteiger partial charge in [0.15, 0.2) is 6.10 Å². The van der Waals surface area contributed by atoms with Crippen molar-refractivity contribution in [1.29, 1.82) is 0 Å². The minimum Gasteiger partial charge on any atom is -0.493 e. The van der Waals surface area contributed by atoms with Crippen molar-refractivity contribution in [2.75, 3.05) is 13.2 Å². The molecule has 1 atom stereocenters. The van der Waals surface area contributed by atoms with Gasteiger partial charge in [-0.3, -0.25) is 0 Å². The summed E-state index contributed by atoms with van der Waals surface area (Å²) < 4.78 is 11.2. The second-order valence-corrected chi connectivity index (χ2v) is 4.75. The summed E-state index contributed by atoms with van der Waals surface area (Å²) in [6, 6.07) is 5.57. The number of carboxylic acids is 1. The summed E-state index contributed by atoms with van der Waals surface area (Å²) in [6.45, 7) is 7.95. The smallest absolute Gasteiger partial charge is 0.344 e. The Kier molecular flexibility index (Phi) is 7.61. The van der Waals surface area contributed by atoms with Crippen molar-refractivity contribution in [1.82, 2.24) is 5.32 Å². The molecule has 0 radical (unpaired) electrons. The molecule has 0 heterocycles. The Bertz CT molecular complexity index is 448. The van der Waals surface area contributed by atoms with Crippen LogP contribution in [0.4, 0.5) is 0 Å². The number of rotatable bonds is 10. The normalized spacial score (nSPS) is 12.0. The molecule has 0 saturated carbocycles. The van der Waals surface area contributed by atoms with E-state index in [0.717, 1.165) is 18.5 Å². The fourth-order valence-electron chi connectivity index (χ4n) is 1.82. The summed E-state index contributed by atoms with van der Waals surface area (Å²) in [6.07, 6.45) is 0.490. The number of hydrogen-bond acceptors (Lipinski definition) is 4. The van der Waals surface area contributed by atoms with E-state index in [9.17, 15) is 4.79 Å². The van der Waals surface area contributed by atoms with Gasteiger partial charge < -0.3 is 19.9 Å². The summed E-state index contributed by atoms with van der Waals surface area (Å²) in [5.74, 6) is 0.318. The van der Waals surface area contributed by atoms with Crippen molar-refractivity contribution in [2.24, 2.45) is 0 Å². The first-order valence-corrected chi connectivity index (χ1v) is 7.48. The van der Waals surface area contributed by atoms with Gasteiger partial charge in [0.05, 0.1) is 6.61 Å². The maximum Gasteiger partial charge on any atom is 0.344 e. The molecule has 1 aromatic carbocycles. The van der Waals surface area contributed by atoms with Gasteiger partial charge in [-0.05, 0) is 25.5 Å². The molecule has 1 aromatic rings. The van der Waals surface area contributed by atoms with Crippen LogP contribution in [0.1, 0.15) is 39.2 Å². The maximum atomic E-state index is 11.1. The van der Waals surface area contributed by atoms with Crippen molar-refractivity contribution in [3.63, 3.8) is 0 Å². The largest absolute Gasteiger partial charge is 0.493 e. The number of carboxylic acid groups (broad SMARTS) is 1. The zero-order valence-electron chi connectivity index (χ0n) is 13.0. The van der Waals surface area contributed by atoms with Crippen molar-refractivity contribution in [3.8, 4) is 11.5 Å². The third kappa shape index (κ3) is 5.63. The highest BCUT2D eigenvalue weighted by Gasteiger charge is 2.18. The van der Waals surface area contributed by atoms with Crippen LogP contribution in [0.2, 0.25) is 0 Å². The average molecular weight is 295 g/mol. The summed E-state index contributed by atoms with van der Waals surface area (Å²) in [5, 5.41) is 12.4. The summed E-state index contributed by atoms with van der Waals surface area (Å²) in [5.41, 5.74) is 0.931. The van der Waals surface area contributed by atoms with Gasteiger partial charge in [0.25, 0.3) is 0 Å². The number of hydrogen-bond donors (Lipinski definition) is 2. The van der Waals surface area contributed by atoms with Gasteiger partial charge in [0.2, 0.25) is 0 Å². The van der Waals surface area contributed by atoms with E-state index in [-0.39, 0.29) is 0 Å². The fourth-order valence-corrected chi connectivity index (χ4v) is 1.82. The lowest BCUT2D eigenvalue weighted by molar-refractivity contribution is -0.145. The van der Waals surface area contributed by atoms with Crippen LogP contribution in [0.25, 0.3) is 0 Å². The number of nitrogens with one attached hydrogen (secondary N) is 1. The predicted molar refractivity (Wildman–Crippen MR) is 82.0 cm³/mol. The van der Waals surface area contributed by atoms with Crippen LogP contribution < -0.4 is 14.8 Å². The number of aliphatic carboxylic acids is 1. The van der Waals surface area contributed by atoms with Gasteiger partial charge in [-0.1, -0.05) is 26.8 Å². The molecule has 0 aliphatic heterocycles. The molecule has 0 saturated heterocycles. The van der Waals surface area contributed by atoms with E-state index >= 15 is 0 Å². The van der Waals surface area contributed by atoms with Crippen molar-refractivity contribution in [2.45, 2.75) is 46.3 Å². The van der Waals surface area contributed by atoms with Crippen LogP contribution in [0, 0.1) is 0 Å². The molecule has 0 bridgehead atoms. The third-order valence-electron chi connectivity index (χ3n) is 2.99. The van der Waals surface area contributed by atoms with Crippen LogP contribution >= 0.6 is 0 Å². The molecular weight excluding hydrogens is 270 g/mol. The van der Waals surface area contributed by atoms with Crippen LogP contribution in [-0.4, -0.2) is 30.3 Å². The third-order valence-corrected chi connectivity index (χ3v) is 2.99. The van der Waals surface area contributed by atoms with Crippen molar-refractivity contribution >= 4 is 5.97 Å². The van der Waals surface area contributed by atoms with Gasteiger partial charge in [-0.2, -0.15) is 0 Å². The Morgan fingerprint density at radius 3 is 2.67 bits per heavy atom. The summed E-state index contributed by atoms with van der Waals surface area (Å²) in [4.78, 5) is 11.1. The Morgan fingerprint density at radius 2 is 2.10 bits per heavy atom. The van der Waals surface area contributed by atoms with E-state index < -0.39 is 12.1 Å². The molecule has 0 fully saturated rings. The minimum atomic E-state index is -0.952. The second-order valence-electron chi connectivity index (χ2n) is 4.75. The standard InChI is InChI=1S/C16H25NO4/c1-4-9-20-13-8-7-12(11-17-6-3)15(10-13)21-14(5-2)16(18)19/h7-8,10,14,17H,4-6,9,11H2,1-3H3,(H,18,19). The molecule has 0 aliphatic carbocycles. The Hall–Kier alpha value is -1.75. The van der Waals surface area contributed by atoms with Gasteiger partial charge in [0.1, 0.15) is 11.5 Å². The lowest BCUT2D eigenvalue weighted by Gasteiger charge is -2.18. The molecule has 0 aliphatic rings. The highest BCUT2D eigenvalue weighted by Crippen LogP contribution is 2.26. The lowest BCUT2D eigenvalue weighted by Crippen LogP contribution is -2.26. The Labute approximate surface area is 126 Å². The van der Waals surface area contributed by atoms with E-state index in [1.807, 2.05) is 26.0 Å². The molecule has 1 rings (SSSR count). The number of ether oxygens (including phenoxy) is 2. The van der Waals surface area contributed by atoms with Crippen molar-refractivity contribution < 1.29 is 19.4 Å². The highest BCUT2D eigenvalue weighted by atomic mass is 16.5. The first kappa shape index (κ1) is 17.3. The summed E-state index contributed by atoms with van der Waals surface area (Å²) >= 11 is 0. The van der Waals surface area contributed by atoms with Crippen LogP contribution in [-0.2, 0) is 11.3 Å². The monoisotopic (exact) mass is 295 g/mol. The predicted octanol–water partition coefficient (Wildman–Crippen LogP) is 2.83. The zero-order chi connectivity index (χ0) is 15.7. The van der Waals surface area contributed by atoms with E-state index in [1.54, 1.807) is 13.0 Å². The Balaban J connectivity index is 2.94. The maximum absolute atomic E-state index is 11.1. The summed E-state index contributed by atoms with van der Waals surface area (Å²) in [7, 11) is 0. The average Bonchev–Trinajstić information content (AvgIpc) is 2.49. The SMILES string of the molecule is CCCOc1ccc(CNCC)c(OC(CC)C(=O)O)c1. The first-order chi connectivity index (χ1) is 10.1. The molecular formula is C16H25NO4. The van der Waals surface area contributed by atoms with E-state index in [1.165, 1.54) is 0 Å². The molecule has 118 valence electrons. The molecule has 0 spiro atoms. The van der Waals surface area contributed by atoms with Crippen LogP contribution in [0.15, 0.2) is 18.2 Å². The molecule has 2 N–H and O–H groups in total. The van der Waals surface area contributed by atoms with Crippen LogP contribution in [0.5, 0.6) is 11.5 Å². The second kappa shape index (κ2) is 9.23. The van der Waals surface area contributed by atoms with E-state index in [2.05, 4.69) is 5.32 Å². The molecule has 21 heavy (non-hydrogen) atoms. The Morgan fingerprint density at radius 1 is 1.33 bits per heavy atom. The quantitative estimate of drug-likeness (QED) is 0.694. The molecule has 5 nitrogen and oxygen atoms in total.